The molecule has 2 aliphatic rings. The first-order valence-corrected chi connectivity index (χ1v) is 7.46. The van der Waals surface area contributed by atoms with Gasteiger partial charge in [0.1, 0.15) is 5.69 Å². The van der Waals surface area contributed by atoms with Crippen LogP contribution in [0.25, 0.3) is 0 Å². The summed E-state index contributed by atoms with van der Waals surface area (Å²) in [6.07, 6.45) is 9.47. The van der Waals surface area contributed by atoms with Gasteiger partial charge in [-0.05, 0) is 0 Å². The van der Waals surface area contributed by atoms with Crippen molar-refractivity contribution in [1.82, 2.24) is 25.6 Å². The number of terminal acetylenes is 1. The minimum absolute atomic E-state index is 0.0303. The molecule has 3 heterocycles. The minimum atomic E-state index is -0.399. The Morgan fingerprint density at radius 1 is 1.50 bits per heavy atom. The molecule has 1 fully saturated rings. The summed E-state index contributed by atoms with van der Waals surface area (Å²) in [5.41, 5.74) is 0.368. The number of amides is 1. The summed E-state index contributed by atoms with van der Waals surface area (Å²) in [7, 11) is 0. The zero-order valence-corrected chi connectivity index (χ0v) is 12.3. The Morgan fingerprint density at radius 2 is 2.32 bits per heavy atom. The van der Waals surface area contributed by atoms with Crippen LogP contribution in [0.4, 0.5) is 0 Å². The molecule has 116 valence electrons. The van der Waals surface area contributed by atoms with Crippen molar-refractivity contribution in [2.75, 3.05) is 13.1 Å². The maximum Gasteiger partial charge on any atom is 0.220 e. The molecule has 0 unspecified atom stereocenters. The van der Waals surface area contributed by atoms with E-state index in [0.717, 1.165) is 25.2 Å². The van der Waals surface area contributed by atoms with Gasteiger partial charge < -0.3 is 10.6 Å². The van der Waals surface area contributed by atoms with Crippen molar-refractivity contribution in [3.63, 3.8) is 0 Å². The second-order valence-electron chi connectivity index (χ2n) is 5.67. The standard InChI is InChI=1S/C14H19N7O/c1-2-3-5-14(18-19-14)6-4-13(22)16-7-11-10-21(20-17-11)12-8-15-9-12/h1,10,12,15H,3-9H2,(H,16,22). The fraction of sp³-hybridized carbons (Fsp3) is 0.643. The smallest absolute Gasteiger partial charge is 0.220 e. The number of carbonyl (C=O) groups is 1. The van der Waals surface area contributed by atoms with Crippen LogP contribution in [0.15, 0.2) is 16.4 Å². The van der Waals surface area contributed by atoms with Gasteiger partial charge in [0.05, 0.1) is 18.8 Å². The lowest BCUT2D eigenvalue weighted by molar-refractivity contribution is -0.121. The van der Waals surface area contributed by atoms with E-state index in [-0.39, 0.29) is 5.91 Å². The van der Waals surface area contributed by atoms with Gasteiger partial charge in [-0.25, -0.2) is 4.68 Å². The fourth-order valence-electron chi connectivity index (χ4n) is 2.29. The monoisotopic (exact) mass is 301 g/mol. The first kappa shape index (κ1) is 14.7. The van der Waals surface area contributed by atoms with E-state index in [1.807, 2.05) is 10.9 Å². The second-order valence-corrected chi connectivity index (χ2v) is 5.67. The van der Waals surface area contributed by atoms with Gasteiger partial charge in [-0.3, -0.25) is 4.79 Å². The third-order valence-electron chi connectivity index (χ3n) is 3.96. The summed E-state index contributed by atoms with van der Waals surface area (Å²) in [4.78, 5) is 11.9. The molecule has 3 rings (SSSR count). The second kappa shape index (κ2) is 6.23. The molecule has 2 N–H and O–H groups in total. The number of hydrogen-bond acceptors (Lipinski definition) is 6. The summed E-state index contributed by atoms with van der Waals surface area (Å²) in [6.45, 7) is 2.23. The van der Waals surface area contributed by atoms with Gasteiger partial charge >= 0.3 is 0 Å². The lowest BCUT2D eigenvalue weighted by Gasteiger charge is -2.26. The maximum atomic E-state index is 11.9. The van der Waals surface area contributed by atoms with Crippen LogP contribution in [-0.4, -0.2) is 39.7 Å². The van der Waals surface area contributed by atoms with Gasteiger partial charge in [0.2, 0.25) is 5.91 Å². The average Bonchev–Trinajstić information content (AvgIpc) is 3.10. The molecule has 1 saturated heterocycles. The molecule has 8 heteroatoms. The van der Waals surface area contributed by atoms with E-state index in [0.29, 0.717) is 31.8 Å². The van der Waals surface area contributed by atoms with E-state index in [4.69, 9.17) is 6.42 Å². The molecule has 0 spiro atoms. The molecule has 8 nitrogen and oxygen atoms in total. The van der Waals surface area contributed by atoms with Crippen LogP contribution in [0.2, 0.25) is 0 Å². The van der Waals surface area contributed by atoms with Gasteiger partial charge in [0, 0.05) is 38.8 Å². The minimum Gasteiger partial charge on any atom is -0.350 e. The number of aromatic nitrogens is 3. The van der Waals surface area contributed by atoms with Crippen LogP contribution in [0, 0.1) is 12.3 Å². The Kier molecular flexibility index (Phi) is 4.15. The van der Waals surface area contributed by atoms with Gasteiger partial charge in [-0.1, -0.05) is 5.21 Å². The first-order chi connectivity index (χ1) is 10.7. The van der Waals surface area contributed by atoms with E-state index < -0.39 is 5.66 Å². The molecule has 0 bridgehead atoms. The largest absolute Gasteiger partial charge is 0.350 e. The van der Waals surface area contributed by atoms with Crippen LogP contribution < -0.4 is 10.6 Å². The molecule has 0 saturated carbocycles. The van der Waals surface area contributed by atoms with Gasteiger partial charge in [0.25, 0.3) is 0 Å². The van der Waals surface area contributed by atoms with E-state index in [1.165, 1.54) is 0 Å². The Morgan fingerprint density at radius 3 is 2.95 bits per heavy atom. The molecule has 2 aliphatic heterocycles. The molecule has 0 aromatic carbocycles. The summed E-state index contributed by atoms with van der Waals surface area (Å²) >= 11 is 0. The number of nitrogens with zero attached hydrogens (tertiary/aromatic N) is 5. The Hall–Kier alpha value is -2.27. The molecular formula is C14H19N7O. The zero-order chi connectivity index (χ0) is 15.4. The molecular weight excluding hydrogens is 282 g/mol. The Bertz CT molecular complexity index is 605. The molecule has 1 aromatic heterocycles. The molecule has 1 amide bonds. The van der Waals surface area contributed by atoms with Crippen LogP contribution in [0.3, 0.4) is 0 Å². The lowest BCUT2D eigenvalue weighted by atomic mass is 10.0. The molecule has 1 aromatic rings. The molecule has 0 radical (unpaired) electrons. The maximum absolute atomic E-state index is 11.9. The van der Waals surface area contributed by atoms with E-state index in [2.05, 4.69) is 37.1 Å². The van der Waals surface area contributed by atoms with Crippen molar-refractivity contribution in [1.29, 1.82) is 0 Å². The number of hydrogen-bond donors (Lipinski definition) is 2. The number of carbonyl (C=O) groups excluding carboxylic acids is 1. The Balaban J connectivity index is 1.37. The fourth-order valence-corrected chi connectivity index (χ4v) is 2.29. The molecule has 0 aliphatic carbocycles. The van der Waals surface area contributed by atoms with Crippen LogP contribution >= 0.6 is 0 Å². The van der Waals surface area contributed by atoms with Gasteiger partial charge in [-0.2, -0.15) is 10.2 Å². The normalized spacial score (nSPS) is 18.5. The predicted molar refractivity (Wildman–Crippen MR) is 78.7 cm³/mol. The molecule has 22 heavy (non-hydrogen) atoms. The third kappa shape index (κ3) is 3.49. The first-order valence-electron chi connectivity index (χ1n) is 7.46. The van der Waals surface area contributed by atoms with Crippen molar-refractivity contribution in [3.05, 3.63) is 11.9 Å². The summed E-state index contributed by atoms with van der Waals surface area (Å²) in [6, 6.07) is 0.381. The van der Waals surface area contributed by atoms with Crippen LogP contribution in [0.1, 0.15) is 37.4 Å². The SMILES string of the molecule is C#CCCC1(CCC(=O)NCc2cn(C3CNC3)nn2)N=N1. The third-order valence-corrected chi connectivity index (χ3v) is 3.96. The number of nitrogens with one attached hydrogen (secondary N) is 2. The van der Waals surface area contributed by atoms with Crippen LogP contribution in [0.5, 0.6) is 0 Å². The highest BCUT2D eigenvalue weighted by atomic mass is 16.1. The van der Waals surface area contributed by atoms with Crippen molar-refractivity contribution < 1.29 is 4.79 Å². The van der Waals surface area contributed by atoms with Gasteiger partial charge in [-0.15, -0.1) is 17.4 Å². The topological polar surface area (TPSA) is 96.6 Å². The molecule has 0 atom stereocenters. The number of rotatable bonds is 8. The van der Waals surface area contributed by atoms with Crippen molar-refractivity contribution in [2.45, 2.75) is 43.9 Å². The van der Waals surface area contributed by atoms with E-state index >= 15 is 0 Å². The van der Waals surface area contributed by atoms with Crippen molar-refractivity contribution >= 4 is 5.91 Å². The highest BCUT2D eigenvalue weighted by molar-refractivity contribution is 5.75. The van der Waals surface area contributed by atoms with Crippen LogP contribution in [-0.2, 0) is 11.3 Å². The lowest BCUT2D eigenvalue weighted by Crippen LogP contribution is -2.43. The summed E-state index contributed by atoms with van der Waals surface area (Å²) < 4.78 is 1.84. The summed E-state index contributed by atoms with van der Waals surface area (Å²) in [5, 5.41) is 22.2. The van der Waals surface area contributed by atoms with E-state index in [9.17, 15) is 4.79 Å². The zero-order valence-electron chi connectivity index (χ0n) is 12.3. The Labute approximate surface area is 128 Å². The summed E-state index contributed by atoms with van der Waals surface area (Å²) in [5.74, 6) is 2.55. The van der Waals surface area contributed by atoms with Crippen molar-refractivity contribution in [3.8, 4) is 12.3 Å². The van der Waals surface area contributed by atoms with Gasteiger partial charge in [0.15, 0.2) is 5.66 Å². The highest BCUT2D eigenvalue weighted by Crippen LogP contribution is 2.37. The van der Waals surface area contributed by atoms with E-state index in [1.54, 1.807) is 0 Å². The quantitative estimate of drug-likeness (QED) is 0.679. The highest BCUT2D eigenvalue weighted by Gasteiger charge is 2.39. The van der Waals surface area contributed by atoms with Crippen molar-refractivity contribution in [2.24, 2.45) is 10.2 Å². The average molecular weight is 301 g/mol. The predicted octanol–water partition coefficient (Wildman–Crippen LogP) is 0.394.